The van der Waals surface area contributed by atoms with Crippen molar-refractivity contribution in [2.45, 2.75) is 0 Å². The molecule has 1 heterocycles. The Balaban J connectivity index is 2.58. The number of anilines is 1. The molecule has 2 aromatic rings. The highest BCUT2D eigenvalue weighted by atomic mass is 19.1. The largest absolute Gasteiger partial charge is 0.383 e. The van der Waals surface area contributed by atoms with Crippen molar-refractivity contribution in [1.82, 2.24) is 4.98 Å². The molecule has 1 aromatic carbocycles. The quantitative estimate of drug-likeness (QED) is 0.770. The minimum atomic E-state index is -0.395. The number of nitrogens with zero attached hydrogens (tertiary/aromatic N) is 1. The van der Waals surface area contributed by atoms with Gasteiger partial charge in [-0.3, -0.25) is 0 Å². The van der Waals surface area contributed by atoms with Gasteiger partial charge in [0.25, 0.3) is 0 Å². The van der Waals surface area contributed by atoms with Gasteiger partial charge < -0.3 is 5.73 Å². The van der Waals surface area contributed by atoms with Gasteiger partial charge in [-0.2, -0.15) is 0 Å². The first-order chi connectivity index (χ1) is 7.16. The standard InChI is InChI=1S/C12H10FN2/c1-8-3-2-4-9(5-8)11-6-10(13)7-15-12(11)14/h2-7H,1H2,(H2,14,15). The number of nitrogens with two attached hydrogens (primary N) is 1. The molecule has 0 saturated heterocycles. The van der Waals surface area contributed by atoms with Crippen molar-refractivity contribution in [2.24, 2.45) is 0 Å². The van der Waals surface area contributed by atoms with E-state index in [-0.39, 0.29) is 0 Å². The van der Waals surface area contributed by atoms with Gasteiger partial charge in [-0.05, 0) is 24.1 Å². The first kappa shape index (κ1) is 9.65. The molecule has 0 spiro atoms. The van der Waals surface area contributed by atoms with E-state index >= 15 is 0 Å². The number of nitrogen functional groups attached to an aromatic ring is 1. The molecule has 0 aliphatic carbocycles. The third-order valence-corrected chi connectivity index (χ3v) is 2.12. The van der Waals surface area contributed by atoms with E-state index in [1.54, 1.807) is 0 Å². The third kappa shape index (κ3) is 1.96. The zero-order valence-electron chi connectivity index (χ0n) is 8.07. The van der Waals surface area contributed by atoms with E-state index < -0.39 is 5.82 Å². The summed E-state index contributed by atoms with van der Waals surface area (Å²) in [6.45, 7) is 3.80. The van der Waals surface area contributed by atoms with Crippen molar-refractivity contribution in [2.75, 3.05) is 5.73 Å². The molecular formula is C12H10FN2. The molecule has 0 atom stereocenters. The van der Waals surface area contributed by atoms with Gasteiger partial charge in [0.1, 0.15) is 11.6 Å². The number of pyridine rings is 1. The lowest BCUT2D eigenvalue weighted by atomic mass is 10.0. The van der Waals surface area contributed by atoms with Crippen LogP contribution in [0.2, 0.25) is 0 Å². The zero-order chi connectivity index (χ0) is 10.8. The van der Waals surface area contributed by atoms with Crippen LogP contribution in [0.3, 0.4) is 0 Å². The topological polar surface area (TPSA) is 38.9 Å². The molecule has 1 aromatic heterocycles. The molecule has 2 rings (SSSR count). The van der Waals surface area contributed by atoms with Gasteiger partial charge in [0.05, 0.1) is 6.20 Å². The molecule has 0 aliphatic rings. The average molecular weight is 201 g/mol. The number of rotatable bonds is 1. The summed E-state index contributed by atoms with van der Waals surface area (Å²) in [6.07, 6.45) is 1.10. The summed E-state index contributed by atoms with van der Waals surface area (Å²) in [5.74, 6) is -0.0735. The maximum atomic E-state index is 13.0. The maximum Gasteiger partial charge on any atom is 0.142 e. The summed E-state index contributed by atoms with van der Waals surface area (Å²) < 4.78 is 13.0. The molecule has 1 radical (unpaired) electrons. The van der Waals surface area contributed by atoms with Gasteiger partial charge in [0.15, 0.2) is 0 Å². The normalized spacial score (nSPS) is 10.3. The molecule has 3 heteroatoms. The first-order valence-corrected chi connectivity index (χ1v) is 4.50. The van der Waals surface area contributed by atoms with Gasteiger partial charge >= 0.3 is 0 Å². The van der Waals surface area contributed by atoms with E-state index in [1.807, 2.05) is 24.3 Å². The summed E-state index contributed by atoms with van der Waals surface area (Å²) in [4.78, 5) is 3.77. The molecule has 2 N–H and O–H groups in total. The first-order valence-electron chi connectivity index (χ1n) is 4.50. The third-order valence-electron chi connectivity index (χ3n) is 2.12. The highest BCUT2D eigenvalue weighted by Gasteiger charge is 2.05. The molecule has 0 bridgehead atoms. The lowest BCUT2D eigenvalue weighted by Gasteiger charge is -2.05. The molecule has 15 heavy (non-hydrogen) atoms. The lowest BCUT2D eigenvalue weighted by Crippen LogP contribution is -1.95. The molecule has 2 nitrogen and oxygen atoms in total. The summed E-state index contributed by atoms with van der Waals surface area (Å²) >= 11 is 0. The Morgan fingerprint density at radius 2 is 2.07 bits per heavy atom. The molecule has 0 unspecified atom stereocenters. The van der Waals surface area contributed by atoms with Crippen LogP contribution in [0.4, 0.5) is 10.2 Å². The number of halogens is 1. The fraction of sp³-hybridized carbons (Fsp3) is 0. The maximum absolute atomic E-state index is 13.0. The summed E-state index contributed by atoms with van der Waals surface area (Å²) in [7, 11) is 0. The highest BCUT2D eigenvalue weighted by molar-refractivity contribution is 5.74. The van der Waals surface area contributed by atoms with Crippen LogP contribution in [0.1, 0.15) is 5.56 Å². The Kier molecular flexibility index (Phi) is 2.37. The molecule has 0 amide bonds. The van der Waals surface area contributed by atoms with E-state index in [0.717, 1.165) is 17.3 Å². The predicted octanol–water partition coefficient (Wildman–Crippen LogP) is 2.65. The molecule has 0 aliphatic heterocycles. The Bertz CT molecular complexity index is 495. The van der Waals surface area contributed by atoms with Crippen LogP contribution in [-0.2, 0) is 0 Å². The molecule has 75 valence electrons. The van der Waals surface area contributed by atoms with Gasteiger partial charge in [0, 0.05) is 5.56 Å². The summed E-state index contributed by atoms with van der Waals surface area (Å²) in [6, 6.07) is 8.78. The average Bonchev–Trinajstić information content (AvgIpc) is 2.22. The van der Waals surface area contributed by atoms with Crippen LogP contribution in [0.15, 0.2) is 36.5 Å². The van der Waals surface area contributed by atoms with E-state index in [1.165, 1.54) is 6.07 Å². The van der Waals surface area contributed by atoms with Crippen LogP contribution in [-0.4, -0.2) is 4.98 Å². The highest BCUT2D eigenvalue weighted by Crippen LogP contribution is 2.25. The second-order valence-electron chi connectivity index (χ2n) is 3.29. The second kappa shape index (κ2) is 3.69. The summed E-state index contributed by atoms with van der Waals surface area (Å²) in [5.41, 5.74) is 7.95. The van der Waals surface area contributed by atoms with Crippen LogP contribution in [0.5, 0.6) is 0 Å². The predicted molar refractivity (Wildman–Crippen MR) is 58.5 cm³/mol. The van der Waals surface area contributed by atoms with Crippen molar-refractivity contribution < 1.29 is 4.39 Å². The van der Waals surface area contributed by atoms with E-state index in [2.05, 4.69) is 11.9 Å². The summed E-state index contributed by atoms with van der Waals surface area (Å²) in [5, 5.41) is 0. The van der Waals surface area contributed by atoms with Crippen molar-refractivity contribution in [1.29, 1.82) is 0 Å². The fourth-order valence-corrected chi connectivity index (χ4v) is 1.42. The Hall–Kier alpha value is -1.90. The molecular weight excluding hydrogens is 191 g/mol. The zero-order valence-corrected chi connectivity index (χ0v) is 8.07. The Labute approximate surface area is 87.6 Å². The van der Waals surface area contributed by atoms with Crippen molar-refractivity contribution in [3.63, 3.8) is 0 Å². The van der Waals surface area contributed by atoms with Gasteiger partial charge in [-0.25, -0.2) is 9.37 Å². The monoisotopic (exact) mass is 201 g/mol. The smallest absolute Gasteiger partial charge is 0.142 e. The minimum absolute atomic E-state index is 0.321. The Morgan fingerprint density at radius 1 is 1.27 bits per heavy atom. The number of hydrogen-bond donors (Lipinski definition) is 1. The van der Waals surface area contributed by atoms with Crippen molar-refractivity contribution in [3.05, 3.63) is 54.8 Å². The van der Waals surface area contributed by atoms with Crippen molar-refractivity contribution in [3.8, 4) is 11.1 Å². The van der Waals surface area contributed by atoms with Crippen LogP contribution < -0.4 is 5.73 Å². The SMILES string of the molecule is [CH2]c1cccc(-c2cc(F)cnc2N)c1. The fourth-order valence-electron chi connectivity index (χ4n) is 1.42. The van der Waals surface area contributed by atoms with Crippen LogP contribution in [0.25, 0.3) is 11.1 Å². The van der Waals surface area contributed by atoms with E-state index in [0.29, 0.717) is 11.4 Å². The van der Waals surface area contributed by atoms with Crippen LogP contribution >= 0.6 is 0 Å². The number of aromatic nitrogens is 1. The van der Waals surface area contributed by atoms with Crippen molar-refractivity contribution >= 4 is 5.82 Å². The lowest BCUT2D eigenvalue weighted by molar-refractivity contribution is 0.622. The van der Waals surface area contributed by atoms with Gasteiger partial charge in [-0.1, -0.05) is 24.3 Å². The minimum Gasteiger partial charge on any atom is -0.383 e. The number of hydrogen-bond acceptors (Lipinski definition) is 2. The molecule has 0 fully saturated rings. The number of benzene rings is 1. The van der Waals surface area contributed by atoms with E-state index in [9.17, 15) is 4.39 Å². The van der Waals surface area contributed by atoms with E-state index in [4.69, 9.17) is 5.73 Å². The molecule has 0 saturated carbocycles. The van der Waals surface area contributed by atoms with Gasteiger partial charge in [-0.15, -0.1) is 0 Å². The van der Waals surface area contributed by atoms with Gasteiger partial charge in [0.2, 0.25) is 0 Å². The van der Waals surface area contributed by atoms with Crippen LogP contribution in [0, 0.1) is 12.7 Å². The Morgan fingerprint density at radius 3 is 2.80 bits per heavy atom. The second-order valence-corrected chi connectivity index (χ2v) is 3.29.